The molecule has 0 amide bonds. The Morgan fingerprint density at radius 3 is 2.75 bits per heavy atom. The topological polar surface area (TPSA) is 38.4 Å². The van der Waals surface area contributed by atoms with E-state index in [1.165, 1.54) is 12.1 Å². The molecule has 0 aliphatic heterocycles. The molecule has 0 heterocycles. The molecule has 0 saturated carbocycles. The van der Waals surface area contributed by atoms with Gasteiger partial charge in [-0.15, -0.1) is 0 Å². The van der Waals surface area contributed by atoms with Crippen molar-refractivity contribution in [2.75, 3.05) is 0 Å². The molecule has 0 saturated heterocycles. The fourth-order valence-corrected chi connectivity index (χ4v) is 1.20. The van der Waals surface area contributed by atoms with Crippen LogP contribution in [-0.4, -0.2) is 5.84 Å². The molecule has 1 rings (SSSR count). The van der Waals surface area contributed by atoms with E-state index < -0.39 is 0 Å². The number of rotatable bonds is 1. The Balaban J connectivity index is 3.10. The molecule has 0 radical (unpaired) electrons. The molecule has 0 atom stereocenters. The van der Waals surface area contributed by atoms with Crippen molar-refractivity contribution in [3.8, 4) is 0 Å². The molecular formula is C8H8BrFN2. The van der Waals surface area contributed by atoms with Gasteiger partial charge in [-0.05, 0) is 41.1 Å². The second kappa shape index (κ2) is 3.67. The van der Waals surface area contributed by atoms with Crippen LogP contribution in [-0.2, 0) is 0 Å². The summed E-state index contributed by atoms with van der Waals surface area (Å²) in [5, 5.41) is 0. The monoisotopic (exact) mass is 230 g/mol. The molecule has 2 nitrogen and oxygen atoms in total. The second-order valence-corrected chi connectivity index (χ2v) is 3.20. The Labute approximate surface area is 78.4 Å². The van der Waals surface area contributed by atoms with Gasteiger partial charge in [-0.1, -0.05) is 0 Å². The molecular weight excluding hydrogens is 223 g/mol. The van der Waals surface area contributed by atoms with Crippen LogP contribution in [0.25, 0.3) is 0 Å². The second-order valence-electron chi connectivity index (χ2n) is 2.35. The fraction of sp³-hybridized carbons (Fsp3) is 0.125. The number of hydrogen-bond donors (Lipinski definition) is 1. The third-order valence-electron chi connectivity index (χ3n) is 1.21. The largest absolute Gasteiger partial charge is 0.387 e. The first-order valence-electron chi connectivity index (χ1n) is 3.35. The minimum Gasteiger partial charge on any atom is -0.387 e. The van der Waals surface area contributed by atoms with Crippen LogP contribution in [0.5, 0.6) is 0 Å². The number of hydrogen-bond acceptors (Lipinski definition) is 1. The Kier molecular flexibility index (Phi) is 2.81. The van der Waals surface area contributed by atoms with E-state index in [0.717, 1.165) is 0 Å². The van der Waals surface area contributed by atoms with Crippen LogP contribution in [0.4, 0.5) is 10.1 Å². The molecule has 64 valence electrons. The van der Waals surface area contributed by atoms with Crippen molar-refractivity contribution in [1.29, 1.82) is 0 Å². The number of amidine groups is 1. The lowest BCUT2D eigenvalue weighted by Crippen LogP contribution is -2.03. The lowest BCUT2D eigenvalue weighted by molar-refractivity contribution is 0.627. The van der Waals surface area contributed by atoms with Crippen LogP contribution in [0.15, 0.2) is 27.7 Å². The average molecular weight is 231 g/mol. The van der Waals surface area contributed by atoms with Crippen LogP contribution in [0.1, 0.15) is 6.92 Å². The van der Waals surface area contributed by atoms with Gasteiger partial charge >= 0.3 is 0 Å². The van der Waals surface area contributed by atoms with Crippen LogP contribution in [0.2, 0.25) is 0 Å². The smallest absolute Gasteiger partial charge is 0.124 e. The molecule has 2 N–H and O–H groups in total. The summed E-state index contributed by atoms with van der Waals surface area (Å²) in [6, 6.07) is 4.25. The van der Waals surface area contributed by atoms with Crippen molar-refractivity contribution < 1.29 is 4.39 Å². The van der Waals surface area contributed by atoms with Gasteiger partial charge in [0, 0.05) is 4.47 Å². The average Bonchev–Trinajstić information content (AvgIpc) is 1.94. The highest BCUT2D eigenvalue weighted by atomic mass is 79.9. The van der Waals surface area contributed by atoms with Crippen molar-refractivity contribution >= 4 is 27.5 Å². The molecule has 1 aromatic carbocycles. The SMILES string of the molecule is CC(N)=Nc1ccc(F)cc1Br. The van der Waals surface area contributed by atoms with Gasteiger partial charge in [0.25, 0.3) is 0 Å². The van der Waals surface area contributed by atoms with E-state index in [-0.39, 0.29) is 5.82 Å². The van der Waals surface area contributed by atoms with Crippen molar-refractivity contribution in [1.82, 2.24) is 0 Å². The van der Waals surface area contributed by atoms with E-state index in [4.69, 9.17) is 5.73 Å². The lowest BCUT2D eigenvalue weighted by Gasteiger charge is -1.98. The summed E-state index contributed by atoms with van der Waals surface area (Å²) < 4.78 is 13.2. The zero-order valence-electron chi connectivity index (χ0n) is 6.51. The number of aliphatic imine (C=N–C) groups is 1. The van der Waals surface area contributed by atoms with Gasteiger partial charge in [0.1, 0.15) is 5.82 Å². The lowest BCUT2D eigenvalue weighted by atomic mass is 10.3. The standard InChI is InChI=1S/C8H8BrFN2/c1-5(11)12-8-3-2-6(10)4-7(8)9/h2-4H,1H3,(H2,11,12). The molecule has 1 aromatic rings. The number of nitrogens with zero attached hydrogens (tertiary/aromatic N) is 1. The van der Waals surface area contributed by atoms with Gasteiger partial charge in [0.2, 0.25) is 0 Å². The van der Waals surface area contributed by atoms with E-state index in [1.807, 2.05) is 0 Å². The Hall–Kier alpha value is -0.900. The van der Waals surface area contributed by atoms with Crippen molar-refractivity contribution in [3.63, 3.8) is 0 Å². The molecule has 0 aromatic heterocycles. The van der Waals surface area contributed by atoms with E-state index in [2.05, 4.69) is 20.9 Å². The molecule has 4 heteroatoms. The first kappa shape index (κ1) is 9.19. The van der Waals surface area contributed by atoms with Gasteiger partial charge in [-0.25, -0.2) is 9.38 Å². The van der Waals surface area contributed by atoms with Gasteiger partial charge in [-0.3, -0.25) is 0 Å². The summed E-state index contributed by atoms with van der Waals surface area (Å²) in [6.45, 7) is 1.68. The number of halogens is 2. The molecule has 0 aliphatic rings. The zero-order valence-corrected chi connectivity index (χ0v) is 8.10. The van der Waals surface area contributed by atoms with Gasteiger partial charge < -0.3 is 5.73 Å². The molecule has 12 heavy (non-hydrogen) atoms. The Morgan fingerprint density at radius 2 is 2.25 bits per heavy atom. The summed E-state index contributed by atoms with van der Waals surface area (Å²) in [7, 11) is 0. The van der Waals surface area contributed by atoms with Crippen LogP contribution < -0.4 is 5.73 Å². The first-order chi connectivity index (χ1) is 5.59. The normalized spacial score (nSPS) is 11.8. The fourth-order valence-electron chi connectivity index (χ4n) is 0.762. The highest BCUT2D eigenvalue weighted by molar-refractivity contribution is 9.10. The number of benzene rings is 1. The summed E-state index contributed by atoms with van der Waals surface area (Å²) >= 11 is 3.17. The molecule has 0 aliphatic carbocycles. The maximum absolute atomic E-state index is 12.6. The van der Waals surface area contributed by atoms with Crippen LogP contribution in [0.3, 0.4) is 0 Å². The van der Waals surface area contributed by atoms with E-state index in [1.54, 1.807) is 13.0 Å². The number of nitrogens with two attached hydrogens (primary N) is 1. The summed E-state index contributed by atoms with van der Waals surface area (Å²) in [4.78, 5) is 3.98. The van der Waals surface area contributed by atoms with Gasteiger partial charge in [0.15, 0.2) is 0 Å². The predicted molar refractivity (Wildman–Crippen MR) is 51.1 cm³/mol. The zero-order chi connectivity index (χ0) is 9.14. The molecule has 0 spiro atoms. The third-order valence-corrected chi connectivity index (χ3v) is 1.84. The van der Waals surface area contributed by atoms with Crippen LogP contribution in [0, 0.1) is 5.82 Å². The quantitative estimate of drug-likeness (QED) is 0.585. The third kappa shape index (κ3) is 2.30. The molecule has 0 fully saturated rings. The summed E-state index contributed by atoms with van der Waals surface area (Å²) in [5.41, 5.74) is 6.00. The predicted octanol–water partition coefficient (Wildman–Crippen LogP) is 2.60. The maximum Gasteiger partial charge on any atom is 0.124 e. The Morgan fingerprint density at radius 1 is 1.58 bits per heavy atom. The van der Waals surface area contributed by atoms with Gasteiger partial charge in [0.05, 0.1) is 11.5 Å². The first-order valence-corrected chi connectivity index (χ1v) is 4.14. The van der Waals surface area contributed by atoms with Gasteiger partial charge in [-0.2, -0.15) is 0 Å². The van der Waals surface area contributed by atoms with Crippen LogP contribution >= 0.6 is 15.9 Å². The minimum absolute atomic E-state index is 0.296. The van der Waals surface area contributed by atoms with E-state index in [9.17, 15) is 4.39 Å². The van der Waals surface area contributed by atoms with Crippen molar-refractivity contribution in [3.05, 3.63) is 28.5 Å². The van der Waals surface area contributed by atoms with E-state index in [0.29, 0.717) is 16.0 Å². The minimum atomic E-state index is -0.296. The highest BCUT2D eigenvalue weighted by Crippen LogP contribution is 2.25. The summed E-state index contributed by atoms with van der Waals surface area (Å²) in [5.74, 6) is 0.151. The molecule has 0 unspecified atom stereocenters. The van der Waals surface area contributed by atoms with E-state index >= 15 is 0 Å². The van der Waals surface area contributed by atoms with Crippen molar-refractivity contribution in [2.24, 2.45) is 10.7 Å². The Bertz CT molecular complexity index is 319. The highest BCUT2D eigenvalue weighted by Gasteiger charge is 1.98. The summed E-state index contributed by atoms with van der Waals surface area (Å²) in [6.07, 6.45) is 0. The van der Waals surface area contributed by atoms with Crippen molar-refractivity contribution in [2.45, 2.75) is 6.92 Å². The maximum atomic E-state index is 12.6. The molecule has 0 bridgehead atoms.